The van der Waals surface area contributed by atoms with Gasteiger partial charge in [0.25, 0.3) is 5.91 Å². The number of amides is 1. The number of aromatic nitrogens is 1. The van der Waals surface area contributed by atoms with Crippen molar-refractivity contribution < 1.29 is 4.79 Å². The summed E-state index contributed by atoms with van der Waals surface area (Å²) in [6.07, 6.45) is 0.972. The molecule has 0 atom stereocenters. The third-order valence-electron chi connectivity index (χ3n) is 4.28. The number of aryl methyl sites for hydroxylation is 1. The van der Waals surface area contributed by atoms with Gasteiger partial charge in [-0.1, -0.05) is 55.8 Å². The monoisotopic (exact) mass is 332 g/mol. The minimum Gasteiger partial charge on any atom is -0.352 e. The molecule has 1 heterocycles. The van der Waals surface area contributed by atoms with Crippen LogP contribution in [0.2, 0.25) is 0 Å². The normalized spacial score (nSPS) is 11.0. The fourth-order valence-corrected chi connectivity index (χ4v) is 2.89. The number of carbonyl (C=O) groups is 1. The van der Waals surface area contributed by atoms with Crippen molar-refractivity contribution in [3.05, 3.63) is 65.7 Å². The van der Waals surface area contributed by atoms with E-state index in [1.54, 1.807) is 0 Å². The molecular weight excluding hydrogens is 308 g/mol. The summed E-state index contributed by atoms with van der Waals surface area (Å²) in [6, 6.07) is 17.9. The van der Waals surface area contributed by atoms with E-state index in [1.807, 2.05) is 42.5 Å². The largest absolute Gasteiger partial charge is 0.352 e. The number of pyridine rings is 1. The van der Waals surface area contributed by atoms with Crippen LogP contribution in [0.4, 0.5) is 0 Å². The maximum atomic E-state index is 12.8. The van der Waals surface area contributed by atoms with E-state index in [2.05, 4.69) is 38.2 Å². The Morgan fingerprint density at radius 3 is 2.64 bits per heavy atom. The van der Waals surface area contributed by atoms with Crippen LogP contribution in [0, 0.1) is 12.8 Å². The lowest BCUT2D eigenvalue weighted by Gasteiger charge is -2.11. The molecule has 0 aliphatic heterocycles. The number of carbonyl (C=O) groups excluding carboxylic acids is 1. The molecule has 25 heavy (non-hydrogen) atoms. The summed E-state index contributed by atoms with van der Waals surface area (Å²) in [6.45, 7) is 7.06. The fraction of sp³-hybridized carbons (Fsp3) is 0.273. The van der Waals surface area contributed by atoms with E-state index in [0.717, 1.165) is 28.6 Å². The van der Waals surface area contributed by atoms with Gasteiger partial charge in [0.05, 0.1) is 16.8 Å². The average molecular weight is 332 g/mol. The van der Waals surface area contributed by atoms with Crippen molar-refractivity contribution in [2.45, 2.75) is 27.2 Å². The highest BCUT2D eigenvalue weighted by Crippen LogP contribution is 2.25. The molecular formula is C22H24N2O. The van der Waals surface area contributed by atoms with Crippen molar-refractivity contribution in [2.75, 3.05) is 6.54 Å². The van der Waals surface area contributed by atoms with Gasteiger partial charge in [0.2, 0.25) is 0 Å². The van der Waals surface area contributed by atoms with E-state index < -0.39 is 0 Å². The van der Waals surface area contributed by atoms with Gasteiger partial charge in [-0.05, 0) is 37.5 Å². The van der Waals surface area contributed by atoms with Crippen molar-refractivity contribution in [3.8, 4) is 11.3 Å². The second-order valence-corrected chi connectivity index (χ2v) is 6.88. The Morgan fingerprint density at radius 2 is 1.88 bits per heavy atom. The standard InChI is InChI=1S/C22H24N2O/c1-15(2)11-12-23-22(25)19-14-21(17-8-6-7-16(3)13-17)24-20-10-5-4-9-18(19)20/h4-10,13-15H,11-12H2,1-3H3,(H,23,25). The van der Waals surface area contributed by atoms with Gasteiger partial charge in [-0.3, -0.25) is 4.79 Å². The molecule has 0 fully saturated rings. The Morgan fingerprint density at radius 1 is 1.08 bits per heavy atom. The van der Waals surface area contributed by atoms with Crippen LogP contribution in [0.15, 0.2) is 54.6 Å². The third kappa shape index (κ3) is 4.05. The molecule has 128 valence electrons. The topological polar surface area (TPSA) is 42.0 Å². The number of benzene rings is 2. The molecule has 3 nitrogen and oxygen atoms in total. The lowest BCUT2D eigenvalue weighted by atomic mass is 10.0. The molecule has 0 unspecified atom stereocenters. The van der Waals surface area contributed by atoms with Crippen LogP contribution in [0.3, 0.4) is 0 Å². The first kappa shape index (κ1) is 17.2. The fourth-order valence-electron chi connectivity index (χ4n) is 2.89. The zero-order valence-corrected chi connectivity index (χ0v) is 15.0. The van der Waals surface area contributed by atoms with E-state index >= 15 is 0 Å². The Labute approximate surface area is 149 Å². The lowest BCUT2D eigenvalue weighted by Crippen LogP contribution is -2.25. The number of nitrogens with one attached hydrogen (secondary N) is 1. The number of nitrogens with zero attached hydrogens (tertiary/aromatic N) is 1. The Kier molecular flexibility index (Phi) is 5.13. The van der Waals surface area contributed by atoms with Crippen LogP contribution in [-0.2, 0) is 0 Å². The molecule has 0 saturated heterocycles. The van der Waals surface area contributed by atoms with Gasteiger partial charge < -0.3 is 5.32 Å². The van der Waals surface area contributed by atoms with Crippen molar-refractivity contribution in [1.29, 1.82) is 0 Å². The van der Waals surface area contributed by atoms with Gasteiger partial charge >= 0.3 is 0 Å². The molecule has 3 rings (SSSR count). The molecule has 0 aliphatic carbocycles. The highest BCUT2D eigenvalue weighted by molar-refractivity contribution is 6.07. The molecule has 1 aromatic heterocycles. The SMILES string of the molecule is Cc1cccc(-c2cc(C(=O)NCCC(C)C)c3ccccc3n2)c1. The smallest absolute Gasteiger partial charge is 0.252 e. The average Bonchev–Trinajstić information content (AvgIpc) is 2.60. The summed E-state index contributed by atoms with van der Waals surface area (Å²) in [4.78, 5) is 17.5. The number of fused-ring (bicyclic) bond motifs is 1. The summed E-state index contributed by atoms with van der Waals surface area (Å²) in [5, 5.41) is 3.94. The minimum absolute atomic E-state index is 0.0341. The minimum atomic E-state index is -0.0341. The van der Waals surface area contributed by atoms with Gasteiger partial charge in [-0.2, -0.15) is 0 Å². The molecule has 0 saturated carbocycles. The first-order valence-electron chi connectivity index (χ1n) is 8.79. The molecule has 1 amide bonds. The van der Waals surface area contributed by atoms with E-state index in [1.165, 1.54) is 5.56 Å². The maximum Gasteiger partial charge on any atom is 0.252 e. The Bertz CT molecular complexity index is 899. The van der Waals surface area contributed by atoms with Crippen LogP contribution in [0.25, 0.3) is 22.2 Å². The molecule has 0 bridgehead atoms. The summed E-state index contributed by atoms with van der Waals surface area (Å²) < 4.78 is 0. The summed E-state index contributed by atoms with van der Waals surface area (Å²) in [7, 11) is 0. The van der Waals surface area contributed by atoms with Crippen LogP contribution in [0.1, 0.15) is 36.2 Å². The van der Waals surface area contributed by atoms with E-state index in [4.69, 9.17) is 4.98 Å². The van der Waals surface area contributed by atoms with Crippen molar-refractivity contribution in [1.82, 2.24) is 10.3 Å². The van der Waals surface area contributed by atoms with Crippen LogP contribution < -0.4 is 5.32 Å². The molecule has 0 radical (unpaired) electrons. The Hall–Kier alpha value is -2.68. The predicted molar refractivity (Wildman–Crippen MR) is 104 cm³/mol. The molecule has 3 heteroatoms. The quantitative estimate of drug-likeness (QED) is 0.715. The molecule has 3 aromatic rings. The molecule has 0 spiro atoms. The summed E-state index contributed by atoms with van der Waals surface area (Å²) in [5.74, 6) is 0.533. The molecule has 1 N–H and O–H groups in total. The highest BCUT2D eigenvalue weighted by atomic mass is 16.1. The van der Waals surface area contributed by atoms with Crippen LogP contribution in [0.5, 0.6) is 0 Å². The number of hydrogen-bond acceptors (Lipinski definition) is 2. The van der Waals surface area contributed by atoms with Crippen LogP contribution in [-0.4, -0.2) is 17.4 Å². The Balaban J connectivity index is 2.02. The molecule has 2 aromatic carbocycles. The number of rotatable bonds is 5. The molecule has 0 aliphatic rings. The lowest BCUT2D eigenvalue weighted by molar-refractivity contribution is 0.0953. The maximum absolute atomic E-state index is 12.8. The van der Waals surface area contributed by atoms with Crippen molar-refractivity contribution in [2.24, 2.45) is 5.92 Å². The predicted octanol–water partition coefficient (Wildman–Crippen LogP) is 4.99. The van der Waals surface area contributed by atoms with Gasteiger partial charge in [-0.15, -0.1) is 0 Å². The second-order valence-electron chi connectivity index (χ2n) is 6.88. The van der Waals surface area contributed by atoms with E-state index in [-0.39, 0.29) is 5.91 Å². The zero-order valence-electron chi connectivity index (χ0n) is 15.0. The van der Waals surface area contributed by atoms with E-state index in [0.29, 0.717) is 18.0 Å². The van der Waals surface area contributed by atoms with E-state index in [9.17, 15) is 4.79 Å². The highest BCUT2D eigenvalue weighted by Gasteiger charge is 2.13. The van der Waals surface area contributed by atoms with Crippen LogP contribution >= 0.6 is 0 Å². The number of para-hydroxylation sites is 1. The van der Waals surface area contributed by atoms with Gasteiger partial charge in [0.15, 0.2) is 0 Å². The van der Waals surface area contributed by atoms with Gasteiger partial charge in [-0.25, -0.2) is 4.98 Å². The zero-order chi connectivity index (χ0) is 17.8. The van der Waals surface area contributed by atoms with Crippen molar-refractivity contribution >= 4 is 16.8 Å². The summed E-state index contributed by atoms with van der Waals surface area (Å²) >= 11 is 0. The van der Waals surface area contributed by atoms with Crippen molar-refractivity contribution in [3.63, 3.8) is 0 Å². The second kappa shape index (κ2) is 7.47. The van der Waals surface area contributed by atoms with Gasteiger partial charge in [0.1, 0.15) is 0 Å². The first-order valence-corrected chi connectivity index (χ1v) is 8.79. The first-order chi connectivity index (χ1) is 12.0. The third-order valence-corrected chi connectivity index (χ3v) is 4.28. The van der Waals surface area contributed by atoms with Gasteiger partial charge in [0, 0.05) is 17.5 Å². The number of hydrogen-bond donors (Lipinski definition) is 1. The summed E-state index contributed by atoms with van der Waals surface area (Å²) in [5.41, 5.74) is 4.56.